The molecule has 3 rings (SSSR count). The van der Waals surface area contributed by atoms with Crippen molar-refractivity contribution in [2.24, 2.45) is 5.73 Å². The molecule has 2 aromatic heterocycles. The summed E-state index contributed by atoms with van der Waals surface area (Å²) in [7, 11) is 0. The molecule has 142 valence electrons. The summed E-state index contributed by atoms with van der Waals surface area (Å²) in [5, 5.41) is 1.29. The number of fused-ring (bicyclic) bond motifs is 1. The Morgan fingerprint density at radius 1 is 1.30 bits per heavy atom. The molecule has 0 radical (unpaired) electrons. The minimum absolute atomic E-state index is 0.0535. The molecule has 0 aliphatic heterocycles. The van der Waals surface area contributed by atoms with E-state index in [1.165, 1.54) is 11.3 Å². The van der Waals surface area contributed by atoms with Gasteiger partial charge in [0.05, 0.1) is 5.39 Å². The van der Waals surface area contributed by atoms with E-state index < -0.39 is 0 Å². The highest BCUT2D eigenvalue weighted by atomic mass is 35.5. The fourth-order valence-electron chi connectivity index (χ4n) is 3.26. The standard InChI is InChI=1S/C20H22ClN3O2S/c1-3-5-16-23-19-18(20(26)24(16)11-4-6-15(22)25)17(12(2)27-19)13-7-9-14(21)10-8-13/h7-10H,3-6,11H2,1-2H3,(H2,22,25). The predicted molar refractivity (Wildman–Crippen MR) is 111 cm³/mol. The van der Waals surface area contributed by atoms with Crippen molar-refractivity contribution in [2.75, 3.05) is 0 Å². The van der Waals surface area contributed by atoms with Crippen LogP contribution in [0.4, 0.5) is 0 Å². The molecule has 0 atom stereocenters. The molecule has 5 nitrogen and oxygen atoms in total. The molecule has 2 heterocycles. The van der Waals surface area contributed by atoms with Crippen molar-refractivity contribution in [2.45, 2.75) is 46.1 Å². The smallest absolute Gasteiger partial charge is 0.262 e. The molecular formula is C20H22ClN3O2S. The van der Waals surface area contributed by atoms with Gasteiger partial charge in [-0.3, -0.25) is 14.2 Å². The quantitative estimate of drug-likeness (QED) is 0.638. The van der Waals surface area contributed by atoms with E-state index >= 15 is 0 Å². The number of carbonyl (C=O) groups is 1. The van der Waals surface area contributed by atoms with E-state index in [9.17, 15) is 9.59 Å². The van der Waals surface area contributed by atoms with Gasteiger partial charge in [0.1, 0.15) is 10.7 Å². The van der Waals surface area contributed by atoms with Gasteiger partial charge in [0.15, 0.2) is 0 Å². The predicted octanol–water partition coefficient (Wildman–Crippen LogP) is 4.30. The third kappa shape index (κ3) is 4.06. The number of thiophene rings is 1. The second-order valence-electron chi connectivity index (χ2n) is 6.52. The molecule has 0 aliphatic rings. The summed E-state index contributed by atoms with van der Waals surface area (Å²) in [6.07, 6.45) is 2.39. The van der Waals surface area contributed by atoms with Crippen molar-refractivity contribution in [1.29, 1.82) is 0 Å². The third-order valence-electron chi connectivity index (χ3n) is 4.48. The van der Waals surface area contributed by atoms with Crippen LogP contribution in [0, 0.1) is 6.92 Å². The van der Waals surface area contributed by atoms with E-state index in [-0.39, 0.29) is 17.9 Å². The zero-order valence-electron chi connectivity index (χ0n) is 15.4. The number of carbonyl (C=O) groups excluding carboxylic acids is 1. The van der Waals surface area contributed by atoms with Gasteiger partial charge in [-0.2, -0.15) is 0 Å². The highest BCUT2D eigenvalue weighted by Gasteiger charge is 2.19. The molecule has 0 fully saturated rings. The van der Waals surface area contributed by atoms with Crippen molar-refractivity contribution in [1.82, 2.24) is 9.55 Å². The Labute approximate surface area is 166 Å². The second kappa shape index (κ2) is 8.23. The van der Waals surface area contributed by atoms with E-state index in [2.05, 4.69) is 6.92 Å². The van der Waals surface area contributed by atoms with Crippen LogP contribution < -0.4 is 11.3 Å². The zero-order valence-corrected chi connectivity index (χ0v) is 17.0. The first-order valence-electron chi connectivity index (χ1n) is 8.99. The monoisotopic (exact) mass is 403 g/mol. The minimum Gasteiger partial charge on any atom is -0.370 e. The number of rotatable bonds is 7. The summed E-state index contributed by atoms with van der Waals surface area (Å²) in [4.78, 5) is 31.0. The highest BCUT2D eigenvalue weighted by molar-refractivity contribution is 7.19. The van der Waals surface area contributed by atoms with Gasteiger partial charge in [0, 0.05) is 34.8 Å². The van der Waals surface area contributed by atoms with Crippen molar-refractivity contribution in [3.63, 3.8) is 0 Å². The average molecular weight is 404 g/mol. The van der Waals surface area contributed by atoms with E-state index in [1.54, 1.807) is 4.57 Å². The van der Waals surface area contributed by atoms with Crippen LogP contribution in [0.2, 0.25) is 5.02 Å². The lowest BCUT2D eigenvalue weighted by Crippen LogP contribution is -2.26. The molecule has 0 bridgehead atoms. The van der Waals surface area contributed by atoms with Crippen LogP contribution in [0.3, 0.4) is 0 Å². The van der Waals surface area contributed by atoms with E-state index in [4.69, 9.17) is 22.3 Å². The van der Waals surface area contributed by atoms with E-state index in [0.717, 1.165) is 39.5 Å². The Morgan fingerprint density at radius 3 is 2.63 bits per heavy atom. The number of aryl methyl sites for hydroxylation is 2. The SMILES string of the molecule is CCCc1nc2sc(C)c(-c3ccc(Cl)cc3)c2c(=O)n1CCCC(N)=O. The first kappa shape index (κ1) is 19.6. The summed E-state index contributed by atoms with van der Waals surface area (Å²) >= 11 is 7.55. The molecule has 0 saturated carbocycles. The maximum atomic E-state index is 13.4. The molecule has 1 aromatic carbocycles. The lowest BCUT2D eigenvalue weighted by molar-refractivity contribution is -0.118. The normalized spacial score (nSPS) is 11.2. The molecule has 7 heteroatoms. The molecule has 0 unspecified atom stereocenters. The van der Waals surface area contributed by atoms with Gasteiger partial charge < -0.3 is 5.73 Å². The average Bonchev–Trinajstić information content (AvgIpc) is 2.94. The zero-order chi connectivity index (χ0) is 19.6. The molecule has 0 aliphatic carbocycles. The Bertz CT molecular complexity index is 1040. The lowest BCUT2D eigenvalue weighted by Gasteiger charge is -2.12. The van der Waals surface area contributed by atoms with E-state index in [0.29, 0.717) is 23.4 Å². The van der Waals surface area contributed by atoms with Crippen molar-refractivity contribution < 1.29 is 4.79 Å². The number of amides is 1. The van der Waals surface area contributed by atoms with Crippen LogP contribution in [0.15, 0.2) is 29.1 Å². The summed E-state index contributed by atoms with van der Waals surface area (Å²) in [5.41, 5.74) is 7.06. The number of aromatic nitrogens is 2. The highest BCUT2D eigenvalue weighted by Crippen LogP contribution is 2.36. The van der Waals surface area contributed by atoms with Crippen molar-refractivity contribution in [3.05, 3.63) is 50.3 Å². The second-order valence-corrected chi connectivity index (χ2v) is 8.16. The fraction of sp³-hybridized carbons (Fsp3) is 0.350. The molecule has 0 spiro atoms. The minimum atomic E-state index is -0.359. The Morgan fingerprint density at radius 2 is 2.00 bits per heavy atom. The summed E-state index contributed by atoms with van der Waals surface area (Å²) < 4.78 is 1.71. The lowest BCUT2D eigenvalue weighted by atomic mass is 10.0. The summed E-state index contributed by atoms with van der Waals surface area (Å²) in [6.45, 7) is 4.50. The van der Waals surface area contributed by atoms with Gasteiger partial charge in [-0.25, -0.2) is 4.98 Å². The van der Waals surface area contributed by atoms with Gasteiger partial charge in [-0.1, -0.05) is 30.7 Å². The van der Waals surface area contributed by atoms with Gasteiger partial charge in [0.25, 0.3) is 5.56 Å². The van der Waals surface area contributed by atoms with E-state index in [1.807, 2.05) is 31.2 Å². The van der Waals surface area contributed by atoms with Crippen LogP contribution in [0.5, 0.6) is 0 Å². The number of nitrogens with zero attached hydrogens (tertiary/aromatic N) is 2. The Hall–Kier alpha value is -2.18. The number of nitrogens with two attached hydrogens (primary N) is 1. The van der Waals surface area contributed by atoms with Crippen molar-refractivity contribution in [3.8, 4) is 11.1 Å². The Kier molecular flexibility index (Phi) is 5.97. The summed E-state index contributed by atoms with van der Waals surface area (Å²) in [5.74, 6) is 0.408. The van der Waals surface area contributed by atoms with Gasteiger partial charge in [-0.15, -0.1) is 11.3 Å². The van der Waals surface area contributed by atoms with Gasteiger partial charge in [0.2, 0.25) is 5.91 Å². The van der Waals surface area contributed by atoms with Crippen LogP contribution >= 0.6 is 22.9 Å². The largest absolute Gasteiger partial charge is 0.370 e. The number of benzene rings is 1. The van der Waals surface area contributed by atoms with Crippen LogP contribution in [0.1, 0.15) is 36.9 Å². The first-order chi connectivity index (χ1) is 12.9. The number of primary amides is 1. The van der Waals surface area contributed by atoms with Crippen molar-refractivity contribution >= 4 is 39.1 Å². The fourth-order valence-corrected chi connectivity index (χ4v) is 4.44. The molecule has 27 heavy (non-hydrogen) atoms. The van der Waals surface area contributed by atoms with Gasteiger partial charge in [-0.05, 0) is 37.5 Å². The maximum absolute atomic E-state index is 13.4. The first-order valence-corrected chi connectivity index (χ1v) is 10.2. The van der Waals surface area contributed by atoms with Crippen LogP contribution in [0.25, 0.3) is 21.3 Å². The van der Waals surface area contributed by atoms with Crippen LogP contribution in [-0.4, -0.2) is 15.5 Å². The number of hydrogen-bond acceptors (Lipinski definition) is 4. The number of halogens is 1. The molecule has 3 aromatic rings. The number of hydrogen-bond donors (Lipinski definition) is 1. The maximum Gasteiger partial charge on any atom is 0.262 e. The topological polar surface area (TPSA) is 78.0 Å². The Balaban J connectivity index is 2.18. The molecule has 2 N–H and O–H groups in total. The summed E-state index contributed by atoms with van der Waals surface area (Å²) in [6, 6.07) is 7.50. The molecular weight excluding hydrogens is 382 g/mol. The molecule has 0 saturated heterocycles. The van der Waals surface area contributed by atoms with Crippen LogP contribution in [-0.2, 0) is 17.8 Å². The molecule has 1 amide bonds. The third-order valence-corrected chi connectivity index (χ3v) is 5.73. The van der Waals surface area contributed by atoms with Gasteiger partial charge >= 0.3 is 0 Å².